The fourth-order valence-electron chi connectivity index (χ4n) is 1.34. The first-order valence-electron chi connectivity index (χ1n) is 5.05. The maximum Gasteiger partial charge on any atom is 0.310 e. The van der Waals surface area contributed by atoms with Crippen LogP contribution in [0.4, 0.5) is 8.78 Å². The summed E-state index contributed by atoms with van der Waals surface area (Å²) in [6.07, 6.45) is -2.90. The van der Waals surface area contributed by atoms with Crippen LogP contribution in [0.25, 0.3) is 0 Å². The SMILES string of the molecule is CCOC(=O)Cc1cc(Br)c(C)nc1C(F)F. The zero-order chi connectivity index (χ0) is 13.0. The average Bonchev–Trinajstić information content (AvgIpc) is 2.23. The molecule has 17 heavy (non-hydrogen) atoms. The lowest BCUT2D eigenvalue weighted by atomic mass is 10.1. The Morgan fingerprint density at radius 1 is 1.59 bits per heavy atom. The number of ether oxygens (including phenoxy) is 1. The highest BCUT2D eigenvalue weighted by Gasteiger charge is 2.19. The van der Waals surface area contributed by atoms with E-state index in [0.29, 0.717) is 10.2 Å². The van der Waals surface area contributed by atoms with Gasteiger partial charge in [-0.05, 0) is 41.4 Å². The summed E-state index contributed by atoms with van der Waals surface area (Å²) in [5.74, 6) is -0.535. The van der Waals surface area contributed by atoms with Crippen LogP contribution in [-0.4, -0.2) is 17.6 Å². The number of halogens is 3. The van der Waals surface area contributed by atoms with Crippen LogP contribution in [0.15, 0.2) is 10.5 Å². The van der Waals surface area contributed by atoms with Crippen molar-refractivity contribution in [3.63, 3.8) is 0 Å². The van der Waals surface area contributed by atoms with E-state index in [-0.39, 0.29) is 24.3 Å². The second kappa shape index (κ2) is 6.05. The van der Waals surface area contributed by atoms with Crippen LogP contribution in [0.3, 0.4) is 0 Å². The van der Waals surface area contributed by atoms with Crippen molar-refractivity contribution in [3.05, 3.63) is 27.5 Å². The highest BCUT2D eigenvalue weighted by molar-refractivity contribution is 9.10. The van der Waals surface area contributed by atoms with E-state index in [4.69, 9.17) is 4.74 Å². The number of carbonyl (C=O) groups is 1. The Morgan fingerprint density at radius 2 is 2.24 bits per heavy atom. The molecular weight excluding hydrogens is 296 g/mol. The molecule has 0 amide bonds. The topological polar surface area (TPSA) is 39.2 Å². The quantitative estimate of drug-likeness (QED) is 0.802. The normalized spacial score (nSPS) is 10.7. The molecule has 3 nitrogen and oxygen atoms in total. The Morgan fingerprint density at radius 3 is 2.76 bits per heavy atom. The first kappa shape index (κ1) is 14.0. The molecule has 0 aromatic carbocycles. The van der Waals surface area contributed by atoms with Crippen LogP contribution in [0.5, 0.6) is 0 Å². The molecule has 0 spiro atoms. The molecule has 0 aliphatic rings. The maximum absolute atomic E-state index is 12.7. The van der Waals surface area contributed by atoms with Crippen LogP contribution < -0.4 is 0 Å². The van der Waals surface area contributed by atoms with Crippen LogP contribution in [-0.2, 0) is 16.0 Å². The number of rotatable bonds is 4. The molecule has 0 aliphatic carbocycles. The molecule has 0 saturated heterocycles. The molecule has 0 fully saturated rings. The predicted octanol–water partition coefficient (Wildman–Crippen LogP) is 3.20. The first-order valence-corrected chi connectivity index (χ1v) is 5.84. The van der Waals surface area contributed by atoms with Crippen LogP contribution in [0.1, 0.15) is 30.3 Å². The molecule has 6 heteroatoms. The zero-order valence-corrected chi connectivity index (χ0v) is 11.1. The third-order valence-electron chi connectivity index (χ3n) is 2.11. The molecule has 1 rings (SSSR count). The van der Waals surface area contributed by atoms with Crippen molar-refractivity contribution in [3.8, 4) is 0 Å². The minimum Gasteiger partial charge on any atom is -0.466 e. The number of pyridine rings is 1. The van der Waals surface area contributed by atoms with E-state index in [9.17, 15) is 13.6 Å². The molecule has 0 saturated carbocycles. The van der Waals surface area contributed by atoms with Crippen molar-refractivity contribution in [2.75, 3.05) is 6.61 Å². The van der Waals surface area contributed by atoms with E-state index in [1.165, 1.54) is 6.07 Å². The third-order valence-corrected chi connectivity index (χ3v) is 2.91. The van der Waals surface area contributed by atoms with Gasteiger partial charge in [-0.25, -0.2) is 8.78 Å². The molecule has 1 aromatic heterocycles. The van der Waals surface area contributed by atoms with Crippen LogP contribution >= 0.6 is 15.9 Å². The zero-order valence-electron chi connectivity index (χ0n) is 9.47. The van der Waals surface area contributed by atoms with E-state index in [1.807, 2.05) is 0 Å². The maximum atomic E-state index is 12.7. The molecular formula is C11H12BrF2NO2. The standard InChI is InChI=1S/C11H12BrF2NO2/c1-3-17-9(16)5-7-4-8(12)6(2)15-10(7)11(13)14/h4,11H,3,5H2,1-2H3. The summed E-state index contributed by atoms with van der Waals surface area (Å²) >= 11 is 3.20. The van der Waals surface area contributed by atoms with Crippen molar-refractivity contribution in [2.24, 2.45) is 0 Å². The Hall–Kier alpha value is -1.04. The summed E-state index contributed by atoms with van der Waals surface area (Å²) in [7, 11) is 0. The lowest BCUT2D eigenvalue weighted by Gasteiger charge is -2.10. The van der Waals surface area contributed by atoms with E-state index in [2.05, 4.69) is 20.9 Å². The van der Waals surface area contributed by atoms with Crippen LogP contribution in [0.2, 0.25) is 0 Å². The molecule has 0 unspecified atom stereocenters. The largest absolute Gasteiger partial charge is 0.466 e. The van der Waals surface area contributed by atoms with Crippen LogP contribution in [0, 0.1) is 6.92 Å². The molecule has 1 heterocycles. The number of alkyl halides is 2. The van der Waals surface area contributed by atoms with Gasteiger partial charge in [0.05, 0.1) is 18.7 Å². The molecule has 1 aromatic rings. The monoisotopic (exact) mass is 307 g/mol. The Labute approximate surface area is 106 Å². The van der Waals surface area contributed by atoms with E-state index >= 15 is 0 Å². The number of hydrogen-bond donors (Lipinski definition) is 0. The number of aromatic nitrogens is 1. The smallest absolute Gasteiger partial charge is 0.310 e. The van der Waals surface area contributed by atoms with E-state index in [0.717, 1.165) is 0 Å². The second-order valence-electron chi connectivity index (χ2n) is 3.38. The summed E-state index contributed by atoms with van der Waals surface area (Å²) in [5, 5.41) is 0. The Kier molecular flexibility index (Phi) is 4.99. The van der Waals surface area contributed by atoms with Gasteiger partial charge in [0.25, 0.3) is 6.43 Å². The van der Waals surface area contributed by atoms with Crippen molar-refractivity contribution >= 4 is 21.9 Å². The minimum absolute atomic E-state index is 0.191. The molecule has 0 radical (unpaired) electrons. The van der Waals surface area contributed by atoms with Gasteiger partial charge >= 0.3 is 5.97 Å². The van der Waals surface area contributed by atoms with E-state index < -0.39 is 12.4 Å². The molecule has 0 atom stereocenters. The molecule has 0 bridgehead atoms. The predicted molar refractivity (Wildman–Crippen MR) is 62.0 cm³/mol. The van der Waals surface area contributed by atoms with Gasteiger partial charge in [-0.15, -0.1) is 0 Å². The van der Waals surface area contributed by atoms with Gasteiger partial charge in [0.2, 0.25) is 0 Å². The third kappa shape index (κ3) is 3.73. The van der Waals surface area contributed by atoms with Crippen molar-refractivity contribution in [1.82, 2.24) is 4.98 Å². The fourth-order valence-corrected chi connectivity index (χ4v) is 1.70. The van der Waals surface area contributed by atoms with Crippen molar-refractivity contribution in [1.29, 1.82) is 0 Å². The van der Waals surface area contributed by atoms with Gasteiger partial charge < -0.3 is 4.74 Å². The number of aryl methyl sites for hydroxylation is 1. The molecule has 94 valence electrons. The number of nitrogens with zero attached hydrogens (tertiary/aromatic N) is 1. The molecule has 0 N–H and O–H groups in total. The van der Waals surface area contributed by atoms with Gasteiger partial charge in [-0.3, -0.25) is 9.78 Å². The Balaban J connectivity index is 3.04. The highest BCUT2D eigenvalue weighted by Crippen LogP contribution is 2.26. The van der Waals surface area contributed by atoms with Gasteiger partial charge in [0, 0.05) is 4.47 Å². The van der Waals surface area contributed by atoms with Gasteiger partial charge in [0.1, 0.15) is 5.69 Å². The fraction of sp³-hybridized carbons (Fsp3) is 0.455. The summed E-state index contributed by atoms with van der Waals surface area (Å²) in [6, 6.07) is 1.49. The minimum atomic E-state index is -2.70. The molecule has 0 aliphatic heterocycles. The summed E-state index contributed by atoms with van der Waals surface area (Å²) in [5.41, 5.74) is 0.294. The average molecular weight is 308 g/mol. The lowest BCUT2D eigenvalue weighted by Crippen LogP contribution is -2.11. The highest BCUT2D eigenvalue weighted by atomic mass is 79.9. The summed E-state index contributed by atoms with van der Waals surface area (Å²) < 4.78 is 30.8. The Bertz CT molecular complexity index is 424. The summed E-state index contributed by atoms with van der Waals surface area (Å²) in [4.78, 5) is 15.1. The number of carbonyl (C=O) groups excluding carboxylic acids is 1. The van der Waals surface area contributed by atoms with Gasteiger partial charge in [0.15, 0.2) is 0 Å². The lowest BCUT2D eigenvalue weighted by molar-refractivity contribution is -0.142. The number of hydrogen-bond acceptors (Lipinski definition) is 3. The first-order chi connectivity index (χ1) is 7.95. The summed E-state index contributed by atoms with van der Waals surface area (Å²) in [6.45, 7) is 3.50. The van der Waals surface area contributed by atoms with Gasteiger partial charge in [-0.2, -0.15) is 0 Å². The second-order valence-corrected chi connectivity index (χ2v) is 4.24. The van der Waals surface area contributed by atoms with Crippen molar-refractivity contribution < 1.29 is 18.3 Å². The van der Waals surface area contributed by atoms with Gasteiger partial charge in [-0.1, -0.05) is 0 Å². The number of esters is 1. The van der Waals surface area contributed by atoms with E-state index in [1.54, 1.807) is 13.8 Å². The van der Waals surface area contributed by atoms with Crippen molar-refractivity contribution in [2.45, 2.75) is 26.7 Å².